The van der Waals surface area contributed by atoms with Crippen LogP contribution in [0.5, 0.6) is 0 Å². The van der Waals surface area contributed by atoms with Crippen LogP contribution in [-0.4, -0.2) is 17.7 Å². The van der Waals surface area contributed by atoms with Gasteiger partial charge in [-0.2, -0.15) is 0 Å². The van der Waals surface area contributed by atoms with E-state index in [1.807, 2.05) is 72.8 Å². The summed E-state index contributed by atoms with van der Waals surface area (Å²) in [7, 11) is 0. The normalized spacial score (nSPS) is 15.6. The smallest absolute Gasteiger partial charge is 0.338 e. The van der Waals surface area contributed by atoms with Crippen LogP contribution in [0.1, 0.15) is 29.7 Å². The monoisotopic (exact) mass is 496 g/mol. The van der Waals surface area contributed by atoms with E-state index in [9.17, 15) is 4.79 Å². The van der Waals surface area contributed by atoms with E-state index in [4.69, 9.17) is 32.9 Å². The van der Waals surface area contributed by atoms with Crippen LogP contribution in [0.2, 0.25) is 10.0 Å². The predicted octanol–water partition coefficient (Wildman–Crippen LogP) is 6.90. The van der Waals surface area contributed by atoms with Crippen molar-refractivity contribution in [3.63, 3.8) is 0 Å². The van der Waals surface area contributed by atoms with Crippen molar-refractivity contribution < 1.29 is 9.53 Å². The Kier molecular flexibility index (Phi) is 7.76. The summed E-state index contributed by atoms with van der Waals surface area (Å²) in [4.78, 5) is 18.0. The molecule has 0 radical (unpaired) electrons. The Hall–Kier alpha value is -2.73. The van der Waals surface area contributed by atoms with Crippen molar-refractivity contribution in [3.8, 4) is 0 Å². The zero-order valence-electron chi connectivity index (χ0n) is 17.9. The van der Waals surface area contributed by atoms with Crippen LogP contribution in [0.4, 0.5) is 0 Å². The Morgan fingerprint density at radius 2 is 1.73 bits per heavy atom. The van der Waals surface area contributed by atoms with Gasteiger partial charge in [-0.15, -0.1) is 0 Å². The van der Waals surface area contributed by atoms with Gasteiger partial charge in [0.1, 0.15) is 6.04 Å². The van der Waals surface area contributed by atoms with Gasteiger partial charge >= 0.3 is 5.97 Å². The standard InChI is InChI=1S/C26H22Cl2N2O2S/c1-2-32-25(31)22-23(17-9-5-3-6-10-17)29-26(30-24(22)18-11-7-4-8-12-18)33-16-19-13-14-20(27)15-21(19)28/h3-15,23H,2,16H2,1H3,(H,29,30)/t23-/m1/s1. The van der Waals surface area contributed by atoms with Gasteiger partial charge < -0.3 is 10.1 Å². The summed E-state index contributed by atoms with van der Waals surface area (Å²) in [6, 6.07) is 24.5. The van der Waals surface area contributed by atoms with E-state index in [0.29, 0.717) is 32.2 Å². The SMILES string of the molecule is CCOC(=O)C1=C(c2ccccc2)NC(SCc2ccc(Cl)cc2Cl)=N[C@@H]1c1ccccc1. The molecule has 33 heavy (non-hydrogen) atoms. The van der Waals surface area contributed by atoms with E-state index in [2.05, 4.69) is 5.32 Å². The molecule has 0 spiro atoms. The molecular weight excluding hydrogens is 475 g/mol. The number of hydrogen-bond acceptors (Lipinski definition) is 5. The molecule has 0 aliphatic carbocycles. The van der Waals surface area contributed by atoms with E-state index in [-0.39, 0.29) is 12.6 Å². The molecule has 1 N–H and O–H groups in total. The number of carbonyl (C=O) groups is 1. The second kappa shape index (κ2) is 10.9. The van der Waals surface area contributed by atoms with E-state index >= 15 is 0 Å². The van der Waals surface area contributed by atoms with Gasteiger partial charge in [-0.25, -0.2) is 9.79 Å². The number of amidine groups is 1. The molecule has 0 saturated heterocycles. The fraction of sp³-hybridized carbons (Fsp3) is 0.154. The summed E-state index contributed by atoms with van der Waals surface area (Å²) in [5, 5.41) is 5.28. The first-order valence-electron chi connectivity index (χ1n) is 10.5. The lowest BCUT2D eigenvalue weighted by molar-refractivity contribution is -0.138. The maximum atomic E-state index is 13.1. The van der Waals surface area contributed by atoms with Crippen LogP contribution >= 0.6 is 35.0 Å². The van der Waals surface area contributed by atoms with Gasteiger partial charge in [0, 0.05) is 15.8 Å². The van der Waals surface area contributed by atoms with Crippen molar-refractivity contribution in [2.75, 3.05) is 6.61 Å². The third kappa shape index (κ3) is 5.61. The van der Waals surface area contributed by atoms with Gasteiger partial charge in [-0.05, 0) is 35.7 Å². The number of thioether (sulfide) groups is 1. The Labute approximate surface area is 207 Å². The molecule has 0 fully saturated rings. The van der Waals surface area contributed by atoms with Gasteiger partial charge in [0.25, 0.3) is 0 Å². The number of halogens is 2. The first-order valence-corrected chi connectivity index (χ1v) is 12.2. The first kappa shape index (κ1) is 23.4. The summed E-state index contributed by atoms with van der Waals surface area (Å²) >= 11 is 13.9. The van der Waals surface area contributed by atoms with Crippen molar-refractivity contribution in [1.82, 2.24) is 5.32 Å². The highest BCUT2D eigenvalue weighted by Crippen LogP contribution is 2.37. The number of hydrogen-bond donors (Lipinski definition) is 1. The number of nitrogens with one attached hydrogen (secondary N) is 1. The van der Waals surface area contributed by atoms with Crippen LogP contribution in [0, 0.1) is 0 Å². The van der Waals surface area contributed by atoms with Gasteiger partial charge in [0.2, 0.25) is 0 Å². The van der Waals surface area contributed by atoms with E-state index in [1.165, 1.54) is 11.8 Å². The topological polar surface area (TPSA) is 50.7 Å². The van der Waals surface area contributed by atoms with E-state index in [0.717, 1.165) is 16.7 Å². The molecule has 4 nitrogen and oxygen atoms in total. The summed E-state index contributed by atoms with van der Waals surface area (Å²) in [5.74, 6) is 0.214. The van der Waals surface area contributed by atoms with Crippen molar-refractivity contribution in [3.05, 3.63) is 111 Å². The second-order valence-corrected chi connectivity index (χ2v) is 9.08. The van der Waals surface area contributed by atoms with Crippen LogP contribution in [0.25, 0.3) is 5.70 Å². The number of aliphatic imine (C=N–C) groups is 1. The molecule has 168 valence electrons. The minimum atomic E-state index is -0.495. The van der Waals surface area contributed by atoms with Crippen molar-refractivity contribution >= 4 is 51.8 Å². The molecule has 3 aromatic rings. The van der Waals surface area contributed by atoms with Crippen molar-refractivity contribution in [2.45, 2.75) is 18.7 Å². The van der Waals surface area contributed by atoms with Crippen LogP contribution in [0.15, 0.2) is 89.4 Å². The zero-order valence-corrected chi connectivity index (χ0v) is 20.3. The lowest BCUT2D eigenvalue weighted by Crippen LogP contribution is -2.31. The fourth-order valence-corrected chi connectivity index (χ4v) is 4.97. The molecule has 0 bridgehead atoms. The minimum Gasteiger partial charge on any atom is -0.463 e. The summed E-state index contributed by atoms with van der Waals surface area (Å²) in [6.45, 7) is 2.08. The van der Waals surface area contributed by atoms with Gasteiger partial charge in [-0.1, -0.05) is 102 Å². The van der Waals surface area contributed by atoms with Gasteiger partial charge in [0.05, 0.1) is 17.9 Å². The molecule has 1 aliphatic rings. The number of carbonyl (C=O) groups excluding carboxylic acids is 1. The Morgan fingerprint density at radius 3 is 2.39 bits per heavy atom. The molecule has 1 atom stereocenters. The molecule has 1 heterocycles. The summed E-state index contributed by atoms with van der Waals surface area (Å²) in [6.07, 6.45) is 0. The fourth-order valence-electron chi connectivity index (χ4n) is 3.51. The average Bonchev–Trinajstić information content (AvgIpc) is 2.84. The third-order valence-corrected chi connectivity index (χ3v) is 6.60. The Balaban J connectivity index is 1.74. The van der Waals surface area contributed by atoms with E-state index < -0.39 is 6.04 Å². The maximum absolute atomic E-state index is 13.1. The molecular formula is C26H22Cl2N2O2S. The van der Waals surface area contributed by atoms with Gasteiger partial charge in [-0.3, -0.25) is 0 Å². The number of esters is 1. The highest BCUT2D eigenvalue weighted by atomic mass is 35.5. The molecule has 0 aromatic heterocycles. The Morgan fingerprint density at radius 1 is 1.03 bits per heavy atom. The molecule has 4 rings (SSSR count). The summed E-state index contributed by atoms with van der Waals surface area (Å²) < 4.78 is 5.43. The molecule has 0 saturated carbocycles. The lowest BCUT2D eigenvalue weighted by Gasteiger charge is -2.27. The quantitative estimate of drug-likeness (QED) is 0.377. The average molecular weight is 497 g/mol. The largest absolute Gasteiger partial charge is 0.463 e. The number of rotatable bonds is 6. The summed E-state index contributed by atoms with van der Waals surface area (Å²) in [5.41, 5.74) is 3.94. The molecule has 7 heteroatoms. The zero-order chi connectivity index (χ0) is 23.2. The maximum Gasteiger partial charge on any atom is 0.338 e. The molecule has 3 aromatic carbocycles. The number of benzene rings is 3. The van der Waals surface area contributed by atoms with Crippen LogP contribution in [0.3, 0.4) is 0 Å². The van der Waals surface area contributed by atoms with Crippen LogP contribution < -0.4 is 5.32 Å². The van der Waals surface area contributed by atoms with Gasteiger partial charge in [0.15, 0.2) is 5.17 Å². The van der Waals surface area contributed by atoms with Crippen molar-refractivity contribution in [1.29, 1.82) is 0 Å². The third-order valence-electron chi connectivity index (χ3n) is 5.07. The first-order chi connectivity index (χ1) is 16.1. The minimum absolute atomic E-state index is 0.284. The van der Waals surface area contributed by atoms with Crippen molar-refractivity contribution in [2.24, 2.45) is 4.99 Å². The predicted molar refractivity (Wildman–Crippen MR) is 138 cm³/mol. The molecule has 0 amide bonds. The Bertz CT molecular complexity index is 1200. The highest BCUT2D eigenvalue weighted by molar-refractivity contribution is 8.13. The van der Waals surface area contributed by atoms with Crippen LogP contribution in [-0.2, 0) is 15.3 Å². The second-order valence-electron chi connectivity index (χ2n) is 7.27. The lowest BCUT2D eigenvalue weighted by atomic mass is 9.94. The highest BCUT2D eigenvalue weighted by Gasteiger charge is 2.32. The number of ether oxygens (including phenoxy) is 1. The van der Waals surface area contributed by atoms with E-state index in [1.54, 1.807) is 13.0 Å². The number of nitrogens with zero attached hydrogens (tertiary/aromatic N) is 1. The molecule has 1 aliphatic heterocycles. The molecule has 0 unspecified atom stereocenters.